The number of rotatable bonds is 4. The minimum absolute atomic E-state index is 0.135. The van der Waals surface area contributed by atoms with Crippen LogP contribution in [0.3, 0.4) is 0 Å². The number of benzene rings is 3. The van der Waals surface area contributed by atoms with Crippen molar-refractivity contribution in [3.05, 3.63) is 110 Å². The zero-order valence-corrected chi connectivity index (χ0v) is 16.6. The van der Waals surface area contributed by atoms with Crippen LogP contribution < -0.4 is 10.9 Å². The molecule has 1 N–H and O–H groups in total. The molecular weight excluding hydrogens is 434 g/mol. The van der Waals surface area contributed by atoms with E-state index >= 15 is 0 Å². The standard InChI is InChI=1S/C23H14BrNO4/c24-16-10-11-19(17(13-16)21(26)14-6-2-1-3-7-14)25-22(27)18-12-15-8-4-5-9-20(15)29-23(18)28/h1-13H,(H,25,27). The van der Waals surface area contributed by atoms with Gasteiger partial charge in [-0.25, -0.2) is 4.79 Å². The second-order valence-electron chi connectivity index (χ2n) is 6.32. The minimum Gasteiger partial charge on any atom is -0.422 e. The largest absolute Gasteiger partial charge is 0.422 e. The van der Waals surface area contributed by atoms with Crippen molar-refractivity contribution in [3.63, 3.8) is 0 Å². The average Bonchev–Trinajstić information content (AvgIpc) is 2.74. The number of ketones is 1. The Labute approximate surface area is 174 Å². The molecule has 4 rings (SSSR count). The first kappa shape index (κ1) is 18.8. The number of para-hydroxylation sites is 1. The summed E-state index contributed by atoms with van der Waals surface area (Å²) in [6, 6.07) is 22.1. The van der Waals surface area contributed by atoms with Gasteiger partial charge in [-0.15, -0.1) is 0 Å². The molecule has 1 amide bonds. The second-order valence-corrected chi connectivity index (χ2v) is 7.24. The fourth-order valence-corrected chi connectivity index (χ4v) is 3.33. The van der Waals surface area contributed by atoms with E-state index in [4.69, 9.17) is 4.42 Å². The predicted octanol–water partition coefficient (Wildman–Crippen LogP) is 5.04. The van der Waals surface area contributed by atoms with Crippen molar-refractivity contribution in [2.45, 2.75) is 0 Å². The molecule has 0 spiro atoms. The normalized spacial score (nSPS) is 10.7. The molecular formula is C23H14BrNO4. The highest BCUT2D eigenvalue weighted by Crippen LogP contribution is 2.25. The van der Waals surface area contributed by atoms with Gasteiger partial charge >= 0.3 is 5.63 Å². The maximum absolute atomic E-state index is 12.9. The predicted molar refractivity (Wildman–Crippen MR) is 114 cm³/mol. The van der Waals surface area contributed by atoms with Gasteiger partial charge in [0.05, 0.1) is 5.69 Å². The van der Waals surface area contributed by atoms with E-state index in [-0.39, 0.29) is 11.3 Å². The fourth-order valence-electron chi connectivity index (χ4n) is 2.97. The van der Waals surface area contributed by atoms with Crippen LogP contribution in [0.5, 0.6) is 0 Å². The van der Waals surface area contributed by atoms with Gasteiger partial charge in [0.2, 0.25) is 0 Å². The molecule has 1 aromatic heterocycles. The number of nitrogens with one attached hydrogen (secondary N) is 1. The smallest absolute Gasteiger partial charge is 0.349 e. The van der Waals surface area contributed by atoms with Gasteiger partial charge in [0.15, 0.2) is 5.78 Å². The summed E-state index contributed by atoms with van der Waals surface area (Å²) >= 11 is 3.36. The molecule has 0 saturated carbocycles. The topological polar surface area (TPSA) is 76.4 Å². The third-order valence-electron chi connectivity index (χ3n) is 4.40. The highest BCUT2D eigenvalue weighted by molar-refractivity contribution is 9.10. The maximum atomic E-state index is 12.9. The van der Waals surface area contributed by atoms with E-state index in [0.717, 1.165) is 0 Å². The molecule has 5 nitrogen and oxygen atoms in total. The Hall–Kier alpha value is -3.51. The third kappa shape index (κ3) is 3.88. The van der Waals surface area contributed by atoms with Crippen LogP contribution in [0.15, 0.2) is 92.5 Å². The van der Waals surface area contributed by atoms with Gasteiger partial charge in [0.25, 0.3) is 5.91 Å². The van der Waals surface area contributed by atoms with Crippen molar-refractivity contribution in [3.8, 4) is 0 Å². The Morgan fingerprint density at radius 3 is 2.34 bits per heavy atom. The second kappa shape index (κ2) is 7.85. The number of fused-ring (bicyclic) bond motifs is 1. The summed E-state index contributed by atoms with van der Waals surface area (Å²) in [6.45, 7) is 0. The quantitative estimate of drug-likeness (QED) is 0.351. The van der Waals surface area contributed by atoms with Gasteiger partial charge in [0, 0.05) is 21.0 Å². The molecule has 0 aliphatic rings. The number of halogens is 1. The van der Waals surface area contributed by atoms with Crippen molar-refractivity contribution < 1.29 is 14.0 Å². The van der Waals surface area contributed by atoms with Crippen molar-refractivity contribution >= 4 is 44.3 Å². The van der Waals surface area contributed by atoms with Crippen LogP contribution in [-0.2, 0) is 0 Å². The first-order valence-corrected chi connectivity index (χ1v) is 9.56. The Morgan fingerprint density at radius 1 is 0.828 bits per heavy atom. The zero-order valence-electron chi connectivity index (χ0n) is 15.0. The monoisotopic (exact) mass is 447 g/mol. The van der Waals surface area contributed by atoms with E-state index in [0.29, 0.717) is 32.3 Å². The first-order valence-electron chi connectivity index (χ1n) is 8.76. The Balaban J connectivity index is 1.72. The van der Waals surface area contributed by atoms with Crippen molar-refractivity contribution in [2.75, 3.05) is 5.32 Å². The number of carbonyl (C=O) groups excluding carboxylic acids is 2. The minimum atomic E-state index is -0.741. The molecule has 0 fully saturated rings. The van der Waals surface area contributed by atoms with Gasteiger partial charge in [-0.1, -0.05) is 64.5 Å². The molecule has 0 unspecified atom stereocenters. The zero-order chi connectivity index (χ0) is 20.4. The fraction of sp³-hybridized carbons (Fsp3) is 0. The molecule has 1 heterocycles. The molecule has 6 heteroatoms. The highest BCUT2D eigenvalue weighted by atomic mass is 79.9. The molecule has 4 aromatic rings. The Bertz CT molecular complexity index is 1300. The van der Waals surface area contributed by atoms with Gasteiger partial charge in [-0.05, 0) is 30.3 Å². The van der Waals surface area contributed by atoms with Crippen molar-refractivity contribution in [2.24, 2.45) is 0 Å². The number of anilines is 1. The number of amides is 1. The van der Waals surface area contributed by atoms with Crippen LogP contribution in [0.25, 0.3) is 11.0 Å². The summed E-state index contributed by atoms with van der Waals surface area (Å²) in [4.78, 5) is 38.0. The highest BCUT2D eigenvalue weighted by Gasteiger charge is 2.19. The number of hydrogen-bond donors (Lipinski definition) is 1. The summed E-state index contributed by atoms with van der Waals surface area (Å²) in [5.74, 6) is -0.887. The molecule has 0 bridgehead atoms. The SMILES string of the molecule is O=C(c1ccccc1)c1cc(Br)ccc1NC(=O)c1cc2ccccc2oc1=O. The third-order valence-corrected chi connectivity index (χ3v) is 4.89. The van der Waals surface area contributed by atoms with Crippen LogP contribution in [0.2, 0.25) is 0 Å². The summed E-state index contributed by atoms with van der Waals surface area (Å²) in [6.07, 6.45) is 0. The van der Waals surface area contributed by atoms with Crippen LogP contribution >= 0.6 is 15.9 Å². The summed E-state index contributed by atoms with van der Waals surface area (Å²) in [5.41, 5.74) is 0.631. The van der Waals surface area contributed by atoms with E-state index in [2.05, 4.69) is 21.2 Å². The van der Waals surface area contributed by atoms with Crippen LogP contribution in [-0.4, -0.2) is 11.7 Å². The molecule has 0 aliphatic carbocycles. The molecule has 0 aliphatic heterocycles. The summed E-state index contributed by atoms with van der Waals surface area (Å²) in [7, 11) is 0. The van der Waals surface area contributed by atoms with E-state index in [1.807, 2.05) is 6.07 Å². The maximum Gasteiger partial charge on any atom is 0.349 e. The molecule has 3 aromatic carbocycles. The van der Waals surface area contributed by atoms with Gasteiger partial charge in [-0.3, -0.25) is 9.59 Å². The molecule has 0 atom stereocenters. The first-order chi connectivity index (χ1) is 14.0. The van der Waals surface area contributed by atoms with E-state index in [9.17, 15) is 14.4 Å². The summed E-state index contributed by atoms with van der Waals surface area (Å²) in [5, 5.41) is 3.30. The number of hydrogen-bond acceptors (Lipinski definition) is 4. The molecule has 0 radical (unpaired) electrons. The van der Waals surface area contributed by atoms with E-state index in [1.165, 1.54) is 6.07 Å². The van der Waals surface area contributed by atoms with Crippen molar-refractivity contribution in [1.82, 2.24) is 0 Å². The van der Waals surface area contributed by atoms with Crippen LogP contribution in [0, 0.1) is 0 Å². The van der Waals surface area contributed by atoms with Gasteiger partial charge in [-0.2, -0.15) is 0 Å². The summed E-state index contributed by atoms with van der Waals surface area (Å²) < 4.78 is 5.92. The lowest BCUT2D eigenvalue weighted by atomic mass is 10.0. The van der Waals surface area contributed by atoms with E-state index in [1.54, 1.807) is 66.7 Å². The number of carbonyl (C=O) groups is 2. The van der Waals surface area contributed by atoms with Gasteiger partial charge in [0.1, 0.15) is 11.1 Å². The van der Waals surface area contributed by atoms with Crippen LogP contribution in [0.1, 0.15) is 26.3 Å². The van der Waals surface area contributed by atoms with Crippen LogP contribution in [0.4, 0.5) is 5.69 Å². The lowest BCUT2D eigenvalue weighted by Crippen LogP contribution is -2.22. The van der Waals surface area contributed by atoms with Crippen molar-refractivity contribution in [1.29, 1.82) is 0 Å². The Morgan fingerprint density at radius 2 is 1.55 bits per heavy atom. The lowest BCUT2D eigenvalue weighted by Gasteiger charge is -2.11. The lowest BCUT2D eigenvalue weighted by molar-refractivity contribution is 0.102. The molecule has 142 valence electrons. The van der Waals surface area contributed by atoms with Gasteiger partial charge < -0.3 is 9.73 Å². The average molecular weight is 448 g/mol. The molecule has 29 heavy (non-hydrogen) atoms. The molecule has 0 saturated heterocycles. The van der Waals surface area contributed by atoms with E-state index < -0.39 is 11.5 Å². The Kier molecular flexibility index (Phi) is 5.10.